The molecule has 0 aliphatic heterocycles. The molecule has 0 saturated heterocycles. The van der Waals surface area contributed by atoms with Crippen LogP contribution in [0.3, 0.4) is 0 Å². The van der Waals surface area contributed by atoms with Gasteiger partial charge in [0.15, 0.2) is 0 Å². The van der Waals surface area contributed by atoms with E-state index in [0.717, 1.165) is 17.7 Å². The van der Waals surface area contributed by atoms with Gasteiger partial charge in [-0.1, -0.05) is 32.9 Å². The molecule has 3 nitrogen and oxygen atoms in total. The molecule has 0 aliphatic rings. The third kappa shape index (κ3) is 5.77. The molecule has 0 saturated carbocycles. The van der Waals surface area contributed by atoms with Crippen LogP contribution >= 0.6 is 0 Å². The summed E-state index contributed by atoms with van der Waals surface area (Å²) in [5.41, 5.74) is 1.18. The van der Waals surface area contributed by atoms with Crippen LogP contribution in [-0.4, -0.2) is 18.2 Å². The minimum Gasteiger partial charge on any atom is -0.497 e. The summed E-state index contributed by atoms with van der Waals surface area (Å²) in [6.45, 7) is 6.41. The highest BCUT2D eigenvalue weighted by atomic mass is 16.5. The van der Waals surface area contributed by atoms with Gasteiger partial charge in [0, 0.05) is 0 Å². The molecule has 1 unspecified atom stereocenters. The maximum atomic E-state index is 11.3. The SMILES string of the molecule is COc1cccc(CC(CCC(C)(C)C)C(=O)O)c1. The molecule has 0 amide bonds. The summed E-state index contributed by atoms with van der Waals surface area (Å²) in [5.74, 6) is -0.268. The molecule has 1 rings (SSSR count). The standard InChI is InChI=1S/C16H24O3/c1-16(2,3)9-8-13(15(17)18)10-12-6-5-7-14(11-12)19-4/h5-7,11,13H,8-10H2,1-4H3,(H,17,18). The Morgan fingerprint density at radius 1 is 1.37 bits per heavy atom. The Balaban J connectivity index is 2.70. The molecule has 1 aromatic carbocycles. The first-order chi connectivity index (χ1) is 8.81. The molecular weight excluding hydrogens is 240 g/mol. The Labute approximate surface area is 115 Å². The lowest BCUT2D eigenvalue weighted by Crippen LogP contribution is -2.19. The number of benzene rings is 1. The van der Waals surface area contributed by atoms with Crippen LogP contribution in [0.15, 0.2) is 24.3 Å². The summed E-state index contributed by atoms with van der Waals surface area (Å²) in [7, 11) is 1.62. The molecule has 0 heterocycles. The number of hydrogen-bond donors (Lipinski definition) is 1. The molecule has 3 heteroatoms. The third-order valence-corrected chi connectivity index (χ3v) is 3.21. The monoisotopic (exact) mass is 264 g/mol. The van der Waals surface area contributed by atoms with Crippen molar-refractivity contribution in [1.82, 2.24) is 0 Å². The van der Waals surface area contributed by atoms with E-state index in [4.69, 9.17) is 4.74 Å². The molecule has 0 aliphatic carbocycles. The summed E-state index contributed by atoms with van der Waals surface area (Å²) >= 11 is 0. The number of carboxylic acids is 1. The zero-order valence-corrected chi connectivity index (χ0v) is 12.3. The number of carbonyl (C=O) groups is 1. The van der Waals surface area contributed by atoms with E-state index in [1.54, 1.807) is 7.11 Å². The summed E-state index contributed by atoms with van der Waals surface area (Å²) in [5, 5.41) is 9.33. The van der Waals surface area contributed by atoms with Crippen LogP contribution in [0.25, 0.3) is 0 Å². The van der Waals surface area contributed by atoms with Crippen molar-refractivity contribution in [2.24, 2.45) is 11.3 Å². The lowest BCUT2D eigenvalue weighted by Gasteiger charge is -2.21. The average Bonchev–Trinajstić information content (AvgIpc) is 2.33. The van der Waals surface area contributed by atoms with Gasteiger partial charge < -0.3 is 9.84 Å². The smallest absolute Gasteiger partial charge is 0.306 e. The number of rotatable bonds is 6. The quantitative estimate of drug-likeness (QED) is 0.850. The van der Waals surface area contributed by atoms with Crippen molar-refractivity contribution >= 4 is 5.97 Å². The third-order valence-electron chi connectivity index (χ3n) is 3.21. The Hall–Kier alpha value is -1.51. The highest BCUT2D eigenvalue weighted by Crippen LogP contribution is 2.26. The molecular formula is C16H24O3. The van der Waals surface area contributed by atoms with E-state index in [1.165, 1.54) is 0 Å². The predicted molar refractivity (Wildman–Crippen MR) is 76.5 cm³/mol. The van der Waals surface area contributed by atoms with E-state index in [-0.39, 0.29) is 11.3 Å². The van der Waals surface area contributed by atoms with Gasteiger partial charge in [0.2, 0.25) is 0 Å². The summed E-state index contributed by atoms with van der Waals surface area (Å²) in [6.07, 6.45) is 2.17. The van der Waals surface area contributed by atoms with Crippen LogP contribution in [0.1, 0.15) is 39.2 Å². The van der Waals surface area contributed by atoms with E-state index in [2.05, 4.69) is 20.8 Å². The van der Waals surface area contributed by atoms with E-state index < -0.39 is 5.97 Å². The zero-order chi connectivity index (χ0) is 14.5. The van der Waals surface area contributed by atoms with Crippen LogP contribution in [0.4, 0.5) is 0 Å². The van der Waals surface area contributed by atoms with Crippen LogP contribution in [-0.2, 0) is 11.2 Å². The van der Waals surface area contributed by atoms with Gasteiger partial charge in [0.1, 0.15) is 5.75 Å². The van der Waals surface area contributed by atoms with Crippen molar-refractivity contribution < 1.29 is 14.6 Å². The minimum atomic E-state index is -0.716. The molecule has 0 aromatic heterocycles. The molecule has 0 fully saturated rings. The number of hydrogen-bond acceptors (Lipinski definition) is 2. The average molecular weight is 264 g/mol. The maximum absolute atomic E-state index is 11.3. The van der Waals surface area contributed by atoms with Crippen molar-refractivity contribution in [1.29, 1.82) is 0 Å². The van der Waals surface area contributed by atoms with E-state index in [9.17, 15) is 9.90 Å². The van der Waals surface area contributed by atoms with Crippen LogP contribution in [0.5, 0.6) is 5.75 Å². The highest BCUT2D eigenvalue weighted by molar-refractivity contribution is 5.70. The van der Waals surface area contributed by atoms with Crippen LogP contribution < -0.4 is 4.74 Å². The lowest BCUT2D eigenvalue weighted by molar-refractivity contribution is -0.142. The van der Waals surface area contributed by atoms with Gasteiger partial charge in [-0.2, -0.15) is 0 Å². The lowest BCUT2D eigenvalue weighted by atomic mass is 9.84. The van der Waals surface area contributed by atoms with E-state index >= 15 is 0 Å². The van der Waals surface area contributed by atoms with E-state index in [0.29, 0.717) is 12.8 Å². The Morgan fingerprint density at radius 3 is 2.58 bits per heavy atom. The molecule has 1 aromatic rings. The predicted octanol–water partition coefficient (Wildman–Crippen LogP) is 3.76. The van der Waals surface area contributed by atoms with Gasteiger partial charge in [-0.25, -0.2) is 0 Å². The summed E-state index contributed by atoms with van der Waals surface area (Å²) in [6, 6.07) is 7.63. The zero-order valence-electron chi connectivity index (χ0n) is 12.3. The summed E-state index contributed by atoms with van der Waals surface area (Å²) < 4.78 is 5.16. The normalized spacial score (nSPS) is 13.1. The van der Waals surface area contributed by atoms with Crippen molar-refractivity contribution in [3.63, 3.8) is 0 Å². The largest absolute Gasteiger partial charge is 0.497 e. The van der Waals surface area contributed by atoms with E-state index in [1.807, 2.05) is 24.3 Å². The Kier molecular flexibility index (Phi) is 5.40. The number of ether oxygens (including phenoxy) is 1. The van der Waals surface area contributed by atoms with Gasteiger partial charge in [-0.15, -0.1) is 0 Å². The molecule has 1 atom stereocenters. The Bertz CT molecular complexity index is 418. The first-order valence-corrected chi connectivity index (χ1v) is 6.67. The second-order valence-electron chi connectivity index (χ2n) is 6.19. The van der Waals surface area contributed by atoms with Gasteiger partial charge in [0.25, 0.3) is 0 Å². The fourth-order valence-corrected chi connectivity index (χ4v) is 2.00. The number of methoxy groups -OCH3 is 1. The second kappa shape index (κ2) is 6.60. The van der Waals surface area contributed by atoms with Crippen molar-refractivity contribution in [3.05, 3.63) is 29.8 Å². The molecule has 19 heavy (non-hydrogen) atoms. The van der Waals surface area contributed by atoms with Crippen molar-refractivity contribution in [2.45, 2.75) is 40.0 Å². The van der Waals surface area contributed by atoms with Gasteiger partial charge in [0.05, 0.1) is 13.0 Å². The van der Waals surface area contributed by atoms with Crippen molar-refractivity contribution in [3.8, 4) is 5.75 Å². The number of aliphatic carboxylic acids is 1. The van der Waals surface area contributed by atoms with Crippen LogP contribution in [0.2, 0.25) is 0 Å². The van der Waals surface area contributed by atoms with Gasteiger partial charge in [-0.05, 0) is 42.4 Å². The highest BCUT2D eigenvalue weighted by Gasteiger charge is 2.21. The molecule has 1 N–H and O–H groups in total. The van der Waals surface area contributed by atoms with Crippen molar-refractivity contribution in [2.75, 3.05) is 7.11 Å². The first-order valence-electron chi connectivity index (χ1n) is 6.67. The van der Waals surface area contributed by atoms with Gasteiger partial charge >= 0.3 is 5.97 Å². The summed E-state index contributed by atoms with van der Waals surface area (Å²) in [4.78, 5) is 11.3. The fraction of sp³-hybridized carbons (Fsp3) is 0.562. The molecule has 0 radical (unpaired) electrons. The van der Waals surface area contributed by atoms with Crippen LogP contribution in [0, 0.1) is 11.3 Å². The molecule has 0 spiro atoms. The topological polar surface area (TPSA) is 46.5 Å². The van der Waals surface area contributed by atoms with Gasteiger partial charge in [-0.3, -0.25) is 4.79 Å². The number of carboxylic acid groups (broad SMARTS) is 1. The maximum Gasteiger partial charge on any atom is 0.306 e. The Morgan fingerprint density at radius 2 is 2.05 bits per heavy atom. The first kappa shape index (κ1) is 15.5. The fourth-order valence-electron chi connectivity index (χ4n) is 2.00. The molecule has 106 valence electrons. The second-order valence-corrected chi connectivity index (χ2v) is 6.19. The minimum absolute atomic E-state index is 0.169. The molecule has 0 bridgehead atoms.